The van der Waals surface area contributed by atoms with Crippen LogP contribution in [0, 0.1) is 5.41 Å². The third kappa shape index (κ3) is 2.96. The lowest BCUT2D eigenvalue weighted by Gasteiger charge is -2.34. The average molecular weight is 251 g/mol. The highest BCUT2D eigenvalue weighted by Crippen LogP contribution is 2.39. The van der Waals surface area contributed by atoms with Crippen LogP contribution in [0.1, 0.15) is 38.8 Å². The minimum atomic E-state index is 0.189. The van der Waals surface area contributed by atoms with E-state index in [2.05, 4.69) is 38.2 Å². The Hall–Kier alpha value is -1.22. The van der Waals surface area contributed by atoms with Crippen LogP contribution in [0.5, 0.6) is 11.5 Å². The van der Waals surface area contributed by atoms with Gasteiger partial charge in [0.25, 0.3) is 0 Å². The molecule has 1 rings (SSSR count). The van der Waals surface area contributed by atoms with Crippen molar-refractivity contribution < 1.29 is 9.47 Å². The number of methoxy groups -OCH3 is 2. The zero-order valence-corrected chi connectivity index (χ0v) is 12.3. The minimum Gasteiger partial charge on any atom is -0.493 e. The fourth-order valence-corrected chi connectivity index (χ4v) is 2.25. The molecule has 1 aromatic rings. The molecular formula is C15H25NO2. The highest BCUT2D eigenvalue weighted by atomic mass is 16.5. The second kappa shape index (κ2) is 6.10. The predicted molar refractivity (Wildman–Crippen MR) is 75.4 cm³/mol. The van der Waals surface area contributed by atoms with Crippen molar-refractivity contribution in [1.29, 1.82) is 0 Å². The van der Waals surface area contributed by atoms with Gasteiger partial charge in [0.05, 0.1) is 14.2 Å². The molecule has 0 amide bonds. The van der Waals surface area contributed by atoms with Gasteiger partial charge in [-0.25, -0.2) is 0 Å². The topological polar surface area (TPSA) is 30.5 Å². The van der Waals surface area contributed by atoms with Crippen molar-refractivity contribution in [2.75, 3.05) is 21.3 Å². The Kier molecular flexibility index (Phi) is 5.03. The van der Waals surface area contributed by atoms with E-state index in [9.17, 15) is 0 Å². The number of benzene rings is 1. The van der Waals surface area contributed by atoms with Gasteiger partial charge in [-0.2, -0.15) is 0 Å². The fourth-order valence-electron chi connectivity index (χ4n) is 2.25. The zero-order valence-electron chi connectivity index (χ0n) is 12.3. The first kappa shape index (κ1) is 14.8. The molecule has 3 heteroatoms. The molecule has 0 saturated carbocycles. The van der Waals surface area contributed by atoms with E-state index < -0.39 is 0 Å². The van der Waals surface area contributed by atoms with Crippen molar-refractivity contribution in [2.45, 2.75) is 33.2 Å². The summed E-state index contributed by atoms with van der Waals surface area (Å²) in [4.78, 5) is 0. The molecule has 1 atom stereocenters. The number of nitrogens with one attached hydrogen (secondary N) is 1. The van der Waals surface area contributed by atoms with E-state index in [1.807, 2.05) is 13.1 Å². The van der Waals surface area contributed by atoms with Crippen molar-refractivity contribution in [3.05, 3.63) is 23.8 Å². The molecule has 102 valence electrons. The van der Waals surface area contributed by atoms with Crippen LogP contribution in [-0.2, 0) is 0 Å². The van der Waals surface area contributed by atoms with Crippen molar-refractivity contribution in [2.24, 2.45) is 5.41 Å². The number of hydrogen-bond donors (Lipinski definition) is 1. The Morgan fingerprint density at radius 2 is 1.78 bits per heavy atom. The van der Waals surface area contributed by atoms with Crippen LogP contribution in [0.2, 0.25) is 0 Å². The molecule has 1 unspecified atom stereocenters. The smallest absolute Gasteiger partial charge is 0.161 e. The van der Waals surface area contributed by atoms with E-state index in [-0.39, 0.29) is 5.41 Å². The van der Waals surface area contributed by atoms with Gasteiger partial charge < -0.3 is 14.8 Å². The van der Waals surface area contributed by atoms with Crippen LogP contribution in [0.15, 0.2) is 18.2 Å². The summed E-state index contributed by atoms with van der Waals surface area (Å²) in [6, 6.07) is 6.41. The molecule has 0 spiro atoms. The molecule has 0 bridgehead atoms. The van der Waals surface area contributed by atoms with Gasteiger partial charge in [0.2, 0.25) is 0 Å². The maximum atomic E-state index is 5.37. The van der Waals surface area contributed by atoms with Crippen LogP contribution < -0.4 is 14.8 Å². The fraction of sp³-hybridized carbons (Fsp3) is 0.600. The Labute approximate surface area is 110 Å². The zero-order chi connectivity index (χ0) is 13.8. The third-order valence-corrected chi connectivity index (χ3v) is 3.72. The second-order valence-corrected chi connectivity index (χ2v) is 5.18. The summed E-state index contributed by atoms with van der Waals surface area (Å²) in [5, 5.41) is 3.40. The molecule has 0 aliphatic rings. The molecule has 0 heterocycles. The number of ether oxygens (including phenoxy) is 2. The summed E-state index contributed by atoms with van der Waals surface area (Å²) in [7, 11) is 5.32. The van der Waals surface area contributed by atoms with Crippen molar-refractivity contribution in [1.82, 2.24) is 5.32 Å². The first-order valence-electron chi connectivity index (χ1n) is 6.39. The minimum absolute atomic E-state index is 0.189. The second-order valence-electron chi connectivity index (χ2n) is 5.18. The summed E-state index contributed by atoms with van der Waals surface area (Å²) >= 11 is 0. The van der Waals surface area contributed by atoms with E-state index in [0.717, 1.165) is 17.9 Å². The Morgan fingerprint density at radius 3 is 2.22 bits per heavy atom. The van der Waals surface area contributed by atoms with Crippen molar-refractivity contribution >= 4 is 0 Å². The van der Waals surface area contributed by atoms with Crippen LogP contribution in [-0.4, -0.2) is 21.3 Å². The lowest BCUT2D eigenvalue weighted by atomic mass is 9.78. The van der Waals surface area contributed by atoms with E-state index in [4.69, 9.17) is 9.47 Å². The Bertz CT molecular complexity index is 388. The lowest BCUT2D eigenvalue weighted by Crippen LogP contribution is -2.31. The summed E-state index contributed by atoms with van der Waals surface area (Å²) in [6.07, 6.45) is 1.10. The van der Waals surface area contributed by atoms with Crippen LogP contribution >= 0.6 is 0 Å². The molecule has 18 heavy (non-hydrogen) atoms. The predicted octanol–water partition coefficient (Wildman–Crippen LogP) is 3.40. The average Bonchev–Trinajstić information content (AvgIpc) is 2.39. The van der Waals surface area contributed by atoms with Crippen LogP contribution in [0.4, 0.5) is 0 Å². The van der Waals surface area contributed by atoms with Gasteiger partial charge in [-0.1, -0.05) is 26.8 Å². The van der Waals surface area contributed by atoms with Crippen LogP contribution in [0.3, 0.4) is 0 Å². The standard InChI is InChI=1S/C15H25NO2/c1-7-15(2,3)14(16-4)11-8-9-12(17-5)13(10-11)18-6/h8-10,14,16H,7H2,1-6H3. The SMILES string of the molecule is CCC(C)(C)C(NC)c1ccc(OC)c(OC)c1. The van der Waals surface area contributed by atoms with E-state index in [1.165, 1.54) is 5.56 Å². The quantitative estimate of drug-likeness (QED) is 0.840. The number of hydrogen-bond acceptors (Lipinski definition) is 3. The van der Waals surface area contributed by atoms with Gasteiger partial charge in [0.15, 0.2) is 11.5 Å². The summed E-state index contributed by atoms with van der Waals surface area (Å²) in [5.41, 5.74) is 1.41. The highest BCUT2D eigenvalue weighted by molar-refractivity contribution is 5.44. The van der Waals surface area contributed by atoms with Gasteiger partial charge >= 0.3 is 0 Å². The van der Waals surface area contributed by atoms with E-state index in [0.29, 0.717) is 6.04 Å². The monoisotopic (exact) mass is 251 g/mol. The van der Waals surface area contributed by atoms with Gasteiger partial charge in [0, 0.05) is 6.04 Å². The number of rotatable bonds is 6. The van der Waals surface area contributed by atoms with Crippen LogP contribution in [0.25, 0.3) is 0 Å². The molecule has 0 saturated heterocycles. The first-order chi connectivity index (χ1) is 8.50. The molecule has 1 aromatic carbocycles. The summed E-state index contributed by atoms with van der Waals surface area (Å²) < 4.78 is 10.6. The van der Waals surface area contributed by atoms with Crippen molar-refractivity contribution in [3.8, 4) is 11.5 Å². The first-order valence-corrected chi connectivity index (χ1v) is 6.39. The molecule has 1 N–H and O–H groups in total. The molecular weight excluding hydrogens is 226 g/mol. The normalized spacial score (nSPS) is 13.2. The summed E-state index contributed by atoms with van der Waals surface area (Å²) in [6.45, 7) is 6.75. The van der Waals surface area contributed by atoms with Gasteiger partial charge in [-0.3, -0.25) is 0 Å². The maximum absolute atomic E-state index is 5.37. The van der Waals surface area contributed by atoms with Gasteiger partial charge in [0.1, 0.15) is 0 Å². The lowest BCUT2D eigenvalue weighted by molar-refractivity contribution is 0.244. The van der Waals surface area contributed by atoms with Gasteiger partial charge in [-0.15, -0.1) is 0 Å². The molecule has 0 aromatic heterocycles. The molecule has 3 nitrogen and oxygen atoms in total. The Morgan fingerprint density at radius 1 is 1.17 bits per heavy atom. The summed E-state index contributed by atoms with van der Waals surface area (Å²) in [5.74, 6) is 1.55. The van der Waals surface area contributed by atoms with E-state index in [1.54, 1.807) is 14.2 Å². The maximum Gasteiger partial charge on any atom is 0.161 e. The van der Waals surface area contributed by atoms with Crippen molar-refractivity contribution in [3.63, 3.8) is 0 Å². The molecule has 0 aliphatic heterocycles. The third-order valence-electron chi connectivity index (χ3n) is 3.72. The highest BCUT2D eigenvalue weighted by Gasteiger charge is 2.28. The Balaban J connectivity index is 3.15. The largest absolute Gasteiger partial charge is 0.493 e. The van der Waals surface area contributed by atoms with E-state index >= 15 is 0 Å². The molecule has 0 aliphatic carbocycles. The molecule has 0 fully saturated rings. The van der Waals surface area contributed by atoms with Gasteiger partial charge in [-0.05, 0) is 36.6 Å². The molecule has 0 radical (unpaired) electrons.